The lowest BCUT2D eigenvalue weighted by Crippen LogP contribution is -2.25. The SMILES string of the molecule is CCCCOc1c(Cl)cc(C(=O)OCC(=O)NC)cc1OCC. The number of carbonyl (C=O) groups excluding carboxylic acids is 2. The molecule has 0 aliphatic rings. The van der Waals surface area contributed by atoms with E-state index in [1.165, 1.54) is 19.2 Å². The zero-order valence-electron chi connectivity index (χ0n) is 13.6. The normalized spacial score (nSPS) is 10.1. The van der Waals surface area contributed by atoms with Crippen LogP contribution < -0.4 is 14.8 Å². The molecule has 0 atom stereocenters. The van der Waals surface area contributed by atoms with Gasteiger partial charge in [0.1, 0.15) is 0 Å². The number of benzene rings is 1. The third-order valence-electron chi connectivity index (χ3n) is 2.90. The van der Waals surface area contributed by atoms with Crippen molar-refractivity contribution >= 4 is 23.5 Å². The largest absolute Gasteiger partial charge is 0.490 e. The van der Waals surface area contributed by atoms with Gasteiger partial charge in [0, 0.05) is 7.05 Å². The van der Waals surface area contributed by atoms with Gasteiger partial charge in [-0.15, -0.1) is 0 Å². The van der Waals surface area contributed by atoms with Gasteiger partial charge in [-0.3, -0.25) is 4.79 Å². The van der Waals surface area contributed by atoms with Crippen molar-refractivity contribution in [1.82, 2.24) is 5.32 Å². The Bertz CT molecular complexity index is 548. The Morgan fingerprint density at radius 3 is 2.57 bits per heavy atom. The smallest absolute Gasteiger partial charge is 0.338 e. The monoisotopic (exact) mass is 343 g/mol. The molecular formula is C16H22ClNO5. The van der Waals surface area contributed by atoms with Crippen LogP contribution in [0.25, 0.3) is 0 Å². The van der Waals surface area contributed by atoms with E-state index in [2.05, 4.69) is 12.2 Å². The summed E-state index contributed by atoms with van der Waals surface area (Å²) in [4.78, 5) is 23.1. The third-order valence-corrected chi connectivity index (χ3v) is 3.18. The van der Waals surface area contributed by atoms with E-state index in [1.54, 1.807) is 0 Å². The van der Waals surface area contributed by atoms with Crippen LogP contribution in [-0.2, 0) is 9.53 Å². The van der Waals surface area contributed by atoms with Gasteiger partial charge in [-0.25, -0.2) is 4.79 Å². The summed E-state index contributed by atoms with van der Waals surface area (Å²) in [6, 6.07) is 2.94. The fraction of sp³-hybridized carbons (Fsp3) is 0.500. The Kier molecular flexibility index (Phi) is 8.26. The van der Waals surface area contributed by atoms with Crippen LogP contribution in [0.5, 0.6) is 11.5 Å². The van der Waals surface area contributed by atoms with Gasteiger partial charge in [-0.2, -0.15) is 0 Å². The number of unbranched alkanes of at least 4 members (excludes halogenated alkanes) is 1. The van der Waals surface area contributed by atoms with Gasteiger partial charge in [0.15, 0.2) is 18.1 Å². The lowest BCUT2D eigenvalue weighted by molar-refractivity contribution is -0.123. The number of likely N-dealkylation sites (N-methyl/N-ethyl adjacent to an activating group) is 1. The second-order valence-electron chi connectivity index (χ2n) is 4.67. The quantitative estimate of drug-likeness (QED) is 0.551. The van der Waals surface area contributed by atoms with Gasteiger partial charge < -0.3 is 19.5 Å². The summed E-state index contributed by atoms with van der Waals surface area (Å²) in [6.07, 6.45) is 1.88. The van der Waals surface area contributed by atoms with E-state index in [9.17, 15) is 9.59 Å². The highest BCUT2D eigenvalue weighted by Crippen LogP contribution is 2.37. The molecule has 0 bridgehead atoms. The van der Waals surface area contributed by atoms with E-state index in [-0.39, 0.29) is 17.2 Å². The molecule has 1 amide bonds. The van der Waals surface area contributed by atoms with E-state index in [4.69, 9.17) is 25.8 Å². The highest BCUT2D eigenvalue weighted by atomic mass is 35.5. The van der Waals surface area contributed by atoms with Crippen molar-refractivity contribution in [1.29, 1.82) is 0 Å². The molecule has 0 aromatic heterocycles. The van der Waals surface area contributed by atoms with Crippen LogP contribution in [-0.4, -0.2) is 38.7 Å². The third kappa shape index (κ3) is 5.98. The van der Waals surface area contributed by atoms with Crippen LogP contribution in [0.15, 0.2) is 12.1 Å². The fourth-order valence-electron chi connectivity index (χ4n) is 1.69. The molecule has 23 heavy (non-hydrogen) atoms. The highest BCUT2D eigenvalue weighted by molar-refractivity contribution is 6.32. The summed E-state index contributed by atoms with van der Waals surface area (Å²) in [5.41, 5.74) is 0.199. The molecule has 1 aromatic rings. The topological polar surface area (TPSA) is 73.9 Å². The predicted octanol–water partition coefficient (Wildman–Crippen LogP) is 2.82. The molecule has 0 unspecified atom stereocenters. The second kappa shape index (κ2) is 9.94. The standard InChI is InChI=1S/C16H22ClNO5/c1-4-6-7-22-15-12(17)8-11(9-13(15)21-5-2)16(20)23-10-14(19)18-3/h8-9H,4-7,10H2,1-3H3,(H,18,19). The summed E-state index contributed by atoms with van der Waals surface area (Å²) < 4.78 is 16.0. The first-order valence-electron chi connectivity index (χ1n) is 7.50. The molecule has 0 saturated heterocycles. The number of esters is 1. The van der Waals surface area contributed by atoms with Crippen LogP contribution in [0.2, 0.25) is 5.02 Å². The van der Waals surface area contributed by atoms with Crippen molar-refractivity contribution in [3.63, 3.8) is 0 Å². The van der Waals surface area contributed by atoms with Gasteiger partial charge in [-0.1, -0.05) is 24.9 Å². The molecule has 6 nitrogen and oxygen atoms in total. The number of amides is 1. The van der Waals surface area contributed by atoms with Crippen molar-refractivity contribution in [3.05, 3.63) is 22.7 Å². The molecule has 0 radical (unpaired) electrons. The maximum Gasteiger partial charge on any atom is 0.338 e. The van der Waals surface area contributed by atoms with E-state index in [0.29, 0.717) is 24.7 Å². The average Bonchev–Trinajstić information content (AvgIpc) is 2.54. The molecule has 0 fully saturated rings. The van der Waals surface area contributed by atoms with E-state index >= 15 is 0 Å². The van der Waals surface area contributed by atoms with Gasteiger partial charge in [0.05, 0.1) is 23.8 Å². The average molecular weight is 344 g/mol. The minimum Gasteiger partial charge on any atom is -0.490 e. The Morgan fingerprint density at radius 2 is 1.96 bits per heavy atom. The van der Waals surface area contributed by atoms with Gasteiger partial charge in [0.25, 0.3) is 5.91 Å². The molecule has 0 aliphatic heterocycles. The maximum absolute atomic E-state index is 12.0. The lowest BCUT2D eigenvalue weighted by Gasteiger charge is -2.14. The zero-order chi connectivity index (χ0) is 17.2. The Hall–Kier alpha value is -1.95. The van der Waals surface area contributed by atoms with Crippen molar-refractivity contribution in [3.8, 4) is 11.5 Å². The minimum atomic E-state index is -0.656. The maximum atomic E-state index is 12.0. The van der Waals surface area contributed by atoms with Crippen molar-refractivity contribution in [2.45, 2.75) is 26.7 Å². The number of hydrogen-bond donors (Lipinski definition) is 1. The highest BCUT2D eigenvalue weighted by Gasteiger charge is 2.18. The van der Waals surface area contributed by atoms with E-state index in [1.807, 2.05) is 6.92 Å². The summed E-state index contributed by atoms with van der Waals surface area (Å²) in [5.74, 6) is -0.265. The summed E-state index contributed by atoms with van der Waals surface area (Å²) in [7, 11) is 1.46. The number of carbonyl (C=O) groups is 2. The number of nitrogens with one attached hydrogen (secondary N) is 1. The molecular weight excluding hydrogens is 322 g/mol. The van der Waals surface area contributed by atoms with Gasteiger partial charge >= 0.3 is 5.97 Å². The number of ether oxygens (including phenoxy) is 3. The number of rotatable bonds is 9. The Morgan fingerprint density at radius 1 is 1.22 bits per heavy atom. The molecule has 1 aromatic carbocycles. The predicted molar refractivity (Wildman–Crippen MR) is 87.4 cm³/mol. The molecule has 7 heteroatoms. The van der Waals surface area contributed by atoms with Crippen LogP contribution in [0.3, 0.4) is 0 Å². The first-order valence-corrected chi connectivity index (χ1v) is 7.88. The van der Waals surface area contributed by atoms with Crippen molar-refractivity contribution in [2.24, 2.45) is 0 Å². The molecule has 0 spiro atoms. The molecule has 1 rings (SSSR count). The molecule has 1 N–H and O–H groups in total. The fourth-order valence-corrected chi connectivity index (χ4v) is 1.96. The Labute approximate surface area is 141 Å². The van der Waals surface area contributed by atoms with Crippen LogP contribution in [0.4, 0.5) is 0 Å². The van der Waals surface area contributed by atoms with Crippen molar-refractivity contribution < 1.29 is 23.8 Å². The molecule has 0 heterocycles. The summed E-state index contributed by atoms with van der Waals surface area (Å²) in [6.45, 7) is 4.43. The van der Waals surface area contributed by atoms with Gasteiger partial charge in [-0.05, 0) is 25.5 Å². The summed E-state index contributed by atoms with van der Waals surface area (Å²) >= 11 is 6.19. The van der Waals surface area contributed by atoms with Crippen LogP contribution in [0.1, 0.15) is 37.0 Å². The first kappa shape index (κ1) is 19.1. The molecule has 128 valence electrons. The molecule has 0 aliphatic carbocycles. The number of hydrogen-bond acceptors (Lipinski definition) is 5. The molecule has 0 saturated carbocycles. The van der Waals surface area contributed by atoms with Crippen molar-refractivity contribution in [2.75, 3.05) is 26.9 Å². The van der Waals surface area contributed by atoms with E-state index < -0.39 is 11.9 Å². The van der Waals surface area contributed by atoms with Gasteiger partial charge in [0.2, 0.25) is 0 Å². The van der Waals surface area contributed by atoms with Crippen LogP contribution in [0, 0.1) is 0 Å². The Balaban J connectivity index is 2.93. The van der Waals surface area contributed by atoms with E-state index in [0.717, 1.165) is 12.8 Å². The minimum absolute atomic E-state index is 0.199. The summed E-state index contributed by atoms with van der Waals surface area (Å²) in [5, 5.41) is 2.63. The second-order valence-corrected chi connectivity index (χ2v) is 5.08. The lowest BCUT2D eigenvalue weighted by atomic mass is 10.2. The first-order chi connectivity index (χ1) is 11.0. The van der Waals surface area contributed by atoms with Crippen LogP contribution >= 0.6 is 11.6 Å². The number of halogens is 1. The zero-order valence-corrected chi connectivity index (χ0v) is 14.4.